The molecule has 0 radical (unpaired) electrons. The lowest BCUT2D eigenvalue weighted by Crippen LogP contribution is -2.30. The summed E-state index contributed by atoms with van der Waals surface area (Å²) in [6.45, 7) is 2.09. The Morgan fingerprint density at radius 3 is 2.33 bits per heavy atom. The molecule has 0 bridgehead atoms. The average molecular weight is 633 g/mol. The van der Waals surface area contributed by atoms with Crippen molar-refractivity contribution >= 4 is 52.0 Å². The summed E-state index contributed by atoms with van der Waals surface area (Å²) >= 11 is 12.7. The number of rotatable bonds is 9. The highest BCUT2D eigenvalue weighted by molar-refractivity contribution is 6.36. The molecular weight excluding hydrogens is 601 g/mol. The molecule has 5 aromatic carbocycles. The molecule has 5 nitrogen and oxygen atoms in total. The van der Waals surface area contributed by atoms with Crippen LogP contribution >= 0.6 is 23.2 Å². The molecule has 0 aliphatic rings. The molecule has 1 amide bonds. The van der Waals surface area contributed by atoms with E-state index in [-0.39, 0.29) is 18.5 Å². The van der Waals surface area contributed by atoms with Crippen molar-refractivity contribution in [2.24, 2.45) is 0 Å². The van der Waals surface area contributed by atoms with Crippen LogP contribution in [0.25, 0.3) is 45.3 Å². The van der Waals surface area contributed by atoms with Crippen molar-refractivity contribution < 1.29 is 9.53 Å². The van der Waals surface area contributed by atoms with Crippen molar-refractivity contribution in [2.75, 3.05) is 7.11 Å². The second kappa shape index (κ2) is 13.4. The predicted molar refractivity (Wildman–Crippen MR) is 186 cm³/mol. The normalized spacial score (nSPS) is 12.0. The lowest BCUT2D eigenvalue weighted by Gasteiger charge is -2.17. The Morgan fingerprint density at radius 1 is 0.889 bits per heavy atom. The number of ether oxygens (including phenoxy) is 1. The summed E-state index contributed by atoms with van der Waals surface area (Å²) in [5.74, 6) is 1.33. The minimum absolute atomic E-state index is 0.0867. The Kier molecular flexibility index (Phi) is 9.01. The van der Waals surface area contributed by atoms with E-state index in [1.54, 1.807) is 19.2 Å². The maximum absolute atomic E-state index is 13.4. The molecule has 1 aromatic heterocycles. The van der Waals surface area contributed by atoms with Crippen LogP contribution in [0.5, 0.6) is 5.75 Å². The molecule has 45 heavy (non-hydrogen) atoms. The van der Waals surface area contributed by atoms with Gasteiger partial charge in [0, 0.05) is 16.8 Å². The Morgan fingerprint density at radius 2 is 1.60 bits per heavy atom. The average Bonchev–Trinajstić information content (AvgIpc) is 3.45. The van der Waals surface area contributed by atoms with Gasteiger partial charge >= 0.3 is 0 Å². The summed E-state index contributed by atoms with van der Waals surface area (Å²) in [4.78, 5) is 18.2. The van der Waals surface area contributed by atoms with Gasteiger partial charge in [-0.3, -0.25) is 4.79 Å². The van der Waals surface area contributed by atoms with Crippen LogP contribution in [-0.2, 0) is 11.3 Å². The first-order valence-electron chi connectivity index (χ1n) is 14.6. The third-order valence-corrected chi connectivity index (χ3v) is 8.30. The topological polar surface area (TPSA) is 56.2 Å². The van der Waals surface area contributed by atoms with Gasteiger partial charge < -0.3 is 14.6 Å². The molecule has 0 saturated heterocycles. The van der Waals surface area contributed by atoms with Crippen LogP contribution in [0.4, 0.5) is 0 Å². The monoisotopic (exact) mass is 631 g/mol. The zero-order valence-corrected chi connectivity index (χ0v) is 26.4. The zero-order chi connectivity index (χ0) is 31.3. The van der Waals surface area contributed by atoms with Crippen molar-refractivity contribution in [3.63, 3.8) is 0 Å². The molecule has 1 atom stereocenters. The number of hydrogen-bond acceptors (Lipinski definition) is 3. The number of carbonyl (C=O) groups excluding carboxylic acids is 1. The van der Waals surface area contributed by atoms with Crippen LogP contribution in [0, 0.1) is 0 Å². The molecule has 0 aliphatic heterocycles. The Bertz CT molecular complexity index is 1990. The summed E-state index contributed by atoms with van der Waals surface area (Å²) < 4.78 is 7.11. The summed E-state index contributed by atoms with van der Waals surface area (Å²) in [5.41, 5.74) is 5.67. The number of aromatic nitrogens is 2. The Labute approximate surface area is 272 Å². The molecule has 0 fully saturated rings. The largest absolute Gasteiger partial charge is 0.497 e. The lowest BCUT2D eigenvalue weighted by molar-refractivity contribution is -0.122. The van der Waals surface area contributed by atoms with Crippen LogP contribution in [0.15, 0.2) is 115 Å². The van der Waals surface area contributed by atoms with Crippen LogP contribution < -0.4 is 10.1 Å². The quantitative estimate of drug-likeness (QED) is 0.173. The molecule has 0 spiro atoms. The van der Waals surface area contributed by atoms with Crippen molar-refractivity contribution in [3.05, 3.63) is 142 Å². The highest BCUT2D eigenvalue weighted by atomic mass is 35.5. The molecule has 1 unspecified atom stereocenters. The van der Waals surface area contributed by atoms with Gasteiger partial charge in [0.1, 0.15) is 18.1 Å². The Balaban J connectivity index is 1.25. The third-order valence-electron chi connectivity index (χ3n) is 7.75. The van der Waals surface area contributed by atoms with Gasteiger partial charge in [-0.1, -0.05) is 108 Å². The van der Waals surface area contributed by atoms with Gasteiger partial charge in [0.15, 0.2) is 0 Å². The van der Waals surface area contributed by atoms with Crippen molar-refractivity contribution in [3.8, 4) is 28.1 Å². The molecule has 0 saturated carbocycles. The molecule has 0 aliphatic carbocycles. The fourth-order valence-electron chi connectivity index (χ4n) is 5.41. The lowest BCUT2D eigenvalue weighted by atomic mass is 10.00. The van der Waals surface area contributed by atoms with Crippen molar-refractivity contribution in [1.82, 2.24) is 14.9 Å². The molecule has 224 valence electrons. The second-order valence-corrected chi connectivity index (χ2v) is 11.6. The summed E-state index contributed by atoms with van der Waals surface area (Å²) in [6.07, 6.45) is 5.75. The number of nitrogens with one attached hydrogen (secondary N) is 1. The molecule has 7 heteroatoms. The fraction of sp³-hybridized carbons (Fsp3) is 0.105. The summed E-state index contributed by atoms with van der Waals surface area (Å²) in [6, 6.07) is 35.7. The minimum Gasteiger partial charge on any atom is -0.497 e. The molecule has 1 N–H and O–H groups in total. The van der Waals surface area contributed by atoms with E-state index in [1.165, 1.54) is 0 Å². The Hall–Kier alpha value is -4.84. The van der Waals surface area contributed by atoms with E-state index in [0.29, 0.717) is 21.6 Å². The first-order chi connectivity index (χ1) is 21.9. The predicted octanol–water partition coefficient (Wildman–Crippen LogP) is 9.73. The van der Waals surface area contributed by atoms with Crippen molar-refractivity contribution in [2.45, 2.75) is 19.5 Å². The number of fused-ring (bicyclic) bond motifs is 1. The van der Waals surface area contributed by atoms with E-state index in [1.807, 2.05) is 78.4 Å². The number of imidazole rings is 1. The molecular formula is C38H31Cl2N3O2. The van der Waals surface area contributed by atoms with Gasteiger partial charge in [0.2, 0.25) is 5.91 Å². The highest BCUT2D eigenvalue weighted by Gasteiger charge is 2.16. The van der Waals surface area contributed by atoms with E-state index >= 15 is 0 Å². The number of nitrogens with zero attached hydrogens (tertiary/aromatic N) is 2. The summed E-state index contributed by atoms with van der Waals surface area (Å²) in [7, 11) is 1.66. The van der Waals surface area contributed by atoms with Gasteiger partial charge in [0.25, 0.3) is 0 Å². The molecule has 6 rings (SSSR count). The van der Waals surface area contributed by atoms with Crippen LogP contribution in [0.1, 0.15) is 29.9 Å². The maximum atomic E-state index is 13.4. The van der Waals surface area contributed by atoms with E-state index in [4.69, 9.17) is 32.9 Å². The van der Waals surface area contributed by atoms with Gasteiger partial charge in [-0.05, 0) is 76.4 Å². The molecule has 6 aromatic rings. The van der Waals surface area contributed by atoms with Crippen LogP contribution in [0.2, 0.25) is 10.0 Å². The number of amides is 1. The number of hydrogen-bond donors (Lipinski definition) is 1. The number of carbonyl (C=O) groups is 1. The standard InChI is InChI=1S/C38H31Cl2N3O2/c1-25(32-9-5-7-29-6-3-4-8-33(29)32)41-38(44)24-43-23-36(34-20-17-30(39)22-35(34)40)42-37(43)21-12-26-10-13-27(14-11-26)28-15-18-31(45-2)19-16-28/h3-23,25H,24H2,1-2H3,(H,41,44). The summed E-state index contributed by atoms with van der Waals surface area (Å²) in [5, 5.41) is 6.47. The third kappa shape index (κ3) is 6.96. The van der Waals surface area contributed by atoms with Gasteiger partial charge in [-0.15, -0.1) is 0 Å². The van der Waals surface area contributed by atoms with Gasteiger partial charge in [0.05, 0.1) is 23.9 Å². The van der Waals surface area contributed by atoms with Crippen LogP contribution in [0.3, 0.4) is 0 Å². The zero-order valence-electron chi connectivity index (χ0n) is 24.9. The first kappa shape index (κ1) is 30.2. The minimum atomic E-state index is -0.180. The highest BCUT2D eigenvalue weighted by Crippen LogP contribution is 2.31. The number of halogens is 2. The number of benzene rings is 5. The maximum Gasteiger partial charge on any atom is 0.240 e. The molecule has 1 heterocycles. The SMILES string of the molecule is COc1ccc(-c2ccc(C=Cc3nc(-c4ccc(Cl)cc4Cl)cn3CC(=O)NC(C)c3cccc4ccccc34)cc2)cc1. The van der Waals surface area contributed by atoms with E-state index < -0.39 is 0 Å². The van der Waals surface area contributed by atoms with E-state index in [2.05, 4.69) is 53.8 Å². The number of methoxy groups -OCH3 is 1. The van der Waals surface area contributed by atoms with Gasteiger partial charge in [-0.25, -0.2) is 4.98 Å². The van der Waals surface area contributed by atoms with E-state index in [9.17, 15) is 4.79 Å². The van der Waals surface area contributed by atoms with Crippen molar-refractivity contribution in [1.29, 1.82) is 0 Å². The first-order valence-corrected chi connectivity index (χ1v) is 15.4. The van der Waals surface area contributed by atoms with Crippen LogP contribution in [-0.4, -0.2) is 22.6 Å². The second-order valence-electron chi connectivity index (χ2n) is 10.8. The van der Waals surface area contributed by atoms with Gasteiger partial charge in [-0.2, -0.15) is 0 Å². The van der Waals surface area contributed by atoms with E-state index in [0.717, 1.165) is 44.3 Å². The fourth-order valence-corrected chi connectivity index (χ4v) is 5.91. The smallest absolute Gasteiger partial charge is 0.240 e.